The fourth-order valence-electron chi connectivity index (χ4n) is 1.92. The average Bonchev–Trinajstić information content (AvgIpc) is 2.34. The molecular formula is C12H15N3OS. The number of hydrogen-bond donors (Lipinski definition) is 2. The van der Waals surface area contributed by atoms with E-state index in [0.29, 0.717) is 17.3 Å². The molecule has 1 heterocycles. The van der Waals surface area contributed by atoms with Crippen molar-refractivity contribution in [2.45, 2.75) is 18.9 Å². The van der Waals surface area contributed by atoms with Crippen LogP contribution in [-0.2, 0) is 10.8 Å². The molecule has 1 aromatic carbocycles. The van der Waals surface area contributed by atoms with Gasteiger partial charge in [0.2, 0.25) is 0 Å². The molecule has 1 aliphatic rings. The Kier molecular flexibility index (Phi) is 3.64. The number of nitrogen functional groups attached to an aromatic ring is 1. The Morgan fingerprint density at radius 3 is 2.76 bits per heavy atom. The lowest BCUT2D eigenvalue weighted by atomic mass is 10.1. The fraction of sp³-hybridized carbons (Fsp3) is 0.417. The Labute approximate surface area is 103 Å². The van der Waals surface area contributed by atoms with E-state index in [-0.39, 0.29) is 0 Å². The van der Waals surface area contributed by atoms with E-state index in [9.17, 15) is 4.21 Å². The van der Waals surface area contributed by atoms with E-state index in [1.54, 1.807) is 12.1 Å². The molecule has 3 N–H and O–H groups in total. The molecule has 0 amide bonds. The van der Waals surface area contributed by atoms with Crippen LogP contribution in [0.4, 0.5) is 11.4 Å². The fourth-order valence-corrected chi connectivity index (χ4v) is 3.22. The SMILES string of the molecule is N#Cc1cc(NC2CCS(=O)CC2)ccc1N. The highest BCUT2D eigenvalue weighted by atomic mass is 32.2. The summed E-state index contributed by atoms with van der Waals surface area (Å²) in [6.07, 6.45) is 1.83. The minimum absolute atomic E-state index is 0.350. The van der Waals surface area contributed by atoms with Gasteiger partial charge in [0.15, 0.2) is 0 Å². The summed E-state index contributed by atoms with van der Waals surface area (Å²) in [4.78, 5) is 0. The van der Waals surface area contributed by atoms with Crippen LogP contribution in [0, 0.1) is 11.3 Å². The summed E-state index contributed by atoms with van der Waals surface area (Å²) in [5.41, 5.74) is 7.57. The largest absolute Gasteiger partial charge is 0.398 e. The van der Waals surface area contributed by atoms with Gasteiger partial charge in [-0.05, 0) is 31.0 Å². The molecule has 1 aromatic rings. The molecule has 17 heavy (non-hydrogen) atoms. The summed E-state index contributed by atoms with van der Waals surface area (Å²) < 4.78 is 11.2. The zero-order valence-corrected chi connectivity index (χ0v) is 10.3. The van der Waals surface area contributed by atoms with Crippen molar-refractivity contribution in [1.29, 1.82) is 5.26 Å². The van der Waals surface area contributed by atoms with Gasteiger partial charge in [0, 0.05) is 39.7 Å². The Morgan fingerprint density at radius 1 is 1.41 bits per heavy atom. The molecule has 5 heteroatoms. The summed E-state index contributed by atoms with van der Waals surface area (Å²) in [7, 11) is -0.641. The molecule has 0 spiro atoms. The van der Waals surface area contributed by atoms with Crippen LogP contribution in [0.2, 0.25) is 0 Å². The molecule has 0 unspecified atom stereocenters. The van der Waals surface area contributed by atoms with E-state index in [1.165, 1.54) is 0 Å². The van der Waals surface area contributed by atoms with Gasteiger partial charge in [0.1, 0.15) is 6.07 Å². The highest BCUT2D eigenvalue weighted by molar-refractivity contribution is 7.85. The van der Waals surface area contributed by atoms with Gasteiger partial charge in [-0.1, -0.05) is 0 Å². The van der Waals surface area contributed by atoms with Crippen molar-refractivity contribution in [2.75, 3.05) is 22.6 Å². The maximum absolute atomic E-state index is 11.2. The van der Waals surface area contributed by atoms with E-state index < -0.39 is 10.8 Å². The van der Waals surface area contributed by atoms with Crippen molar-refractivity contribution in [3.8, 4) is 6.07 Å². The molecule has 2 rings (SSSR count). The lowest BCUT2D eigenvalue weighted by Gasteiger charge is -2.23. The lowest BCUT2D eigenvalue weighted by Crippen LogP contribution is -2.29. The topological polar surface area (TPSA) is 78.9 Å². The maximum atomic E-state index is 11.2. The summed E-state index contributed by atoms with van der Waals surface area (Å²) in [5, 5.41) is 12.2. The Morgan fingerprint density at radius 2 is 2.12 bits per heavy atom. The van der Waals surface area contributed by atoms with Gasteiger partial charge in [-0.2, -0.15) is 5.26 Å². The molecule has 1 saturated heterocycles. The van der Waals surface area contributed by atoms with Crippen molar-refractivity contribution in [3.63, 3.8) is 0 Å². The first kappa shape index (κ1) is 11.9. The number of nitrogens with two attached hydrogens (primary N) is 1. The van der Waals surface area contributed by atoms with Crippen LogP contribution in [0.3, 0.4) is 0 Å². The van der Waals surface area contributed by atoms with Gasteiger partial charge < -0.3 is 11.1 Å². The third kappa shape index (κ3) is 2.98. The minimum Gasteiger partial charge on any atom is -0.398 e. The van der Waals surface area contributed by atoms with E-state index in [2.05, 4.69) is 11.4 Å². The van der Waals surface area contributed by atoms with Crippen LogP contribution >= 0.6 is 0 Å². The molecular weight excluding hydrogens is 234 g/mol. The Balaban J connectivity index is 2.04. The zero-order chi connectivity index (χ0) is 12.3. The third-order valence-corrected chi connectivity index (χ3v) is 4.31. The molecule has 0 aromatic heterocycles. The first-order valence-electron chi connectivity index (χ1n) is 5.60. The Bertz CT molecular complexity index is 471. The number of nitrogens with zero attached hydrogens (tertiary/aromatic N) is 1. The first-order valence-corrected chi connectivity index (χ1v) is 7.09. The van der Waals surface area contributed by atoms with Crippen molar-refractivity contribution in [3.05, 3.63) is 23.8 Å². The molecule has 0 radical (unpaired) electrons. The highest BCUT2D eigenvalue weighted by Crippen LogP contribution is 2.20. The monoisotopic (exact) mass is 249 g/mol. The molecule has 0 atom stereocenters. The second kappa shape index (κ2) is 5.19. The van der Waals surface area contributed by atoms with E-state index in [0.717, 1.165) is 30.0 Å². The van der Waals surface area contributed by atoms with Gasteiger partial charge in [-0.25, -0.2) is 0 Å². The number of nitrogens with one attached hydrogen (secondary N) is 1. The molecule has 0 aliphatic carbocycles. The van der Waals surface area contributed by atoms with E-state index in [1.807, 2.05) is 6.07 Å². The summed E-state index contributed by atoms with van der Waals surface area (Å²) in [5.74, 6) is 1.52. The predicted molar refractivity (Wildman–Crippen MR) is 70.1 cm³/mol. The van der Waals surface area contributed by atoms with Crippen LogP contribution in [0.25, 0.3) is 0 Å². The van der Waals surface area contributed by atoms with Crippen molar-refractivity contribution in [2.24, 2.45) is 0 Å². The van der Waals surface area contributed by atoms with Crippen molar-refractivity contribution in [1.82, 2.24) is 0 Å². The van der Waals surface area contributed by atoms with Crippen molar-refractivity contribution >= 4 is 22.2 Å². The second-order valence-corrected chi connectivity index (χ2v) is 5.88. The molecule has 90 valence electrons. The van der Waals surface area contributed by atoms with E-state index in [4.69, 9.17) is 11.0 Å². The van der Waals surface area contributed by atoms with Gasteiger partial charge >= 0.3 is 0 Å². The quantitative estimate of drug-likeness (QED) is 0.778. The molecule has 0 saturated carbocycles. The van der Waals surface area contributed by atoms with Gasteiger partial charge in [0.05, 0.1) is 5.56 Å². The Hall–Kier alpha value is -1.54. The van der Waals surface area contributed by atoms with Crippen LogP contribution < -0.4 is 11.1 Å². The second-order valence-electron chi connectivity index (χ2n) is 4.18. The number of rotatable bonds is 2. The smallest absolute Gasteiger partial charge is 0.101 e. The molecule has 1 fully saturated rings. The number of hydrogen-bond acceptors (Lipinski definition) is 4. The van der Waals surface area contributed by atoms with E-state index >= 15 is 0 Å². The normalized spacial score (nSPS) is 23.9. The summed E-state index contributed by atoms with van der Waals surface area (Å²) in [6, 6.07) is 7.80. The minimum atomic E-state index is -0.641. The predicted octanol–water partition coefficient (Wildman–Crippen LogP) is 1.46. The van der Waals surface area contributed by atoms with Crippen molar-refractivity contribution < 1.29 is 4.21 Å². The van der Waals surface area contributed by atoms with Gasteiger partial charge in [-0.3, -0.25) is 4.21 Å². The summed E-state index contributed by atoms with van der Waals surface area (Å²) >= 11 is 0. The van der Waals surface area contributed by atoms with Crippen LogP contribution in [-0.4, -0.2) is 21.8 Å². The summed E-state index contributed by atoms with van der Waals surface area (Å²) in [6.45, 7) is 0. The molecule has 1 aliphatic heterocycles. The first-order chi connectivity index (χ1) is 8.19. The standard InChI is InChI=1S/C12H15N3OS/c13-8-9-7-11(1-2-12(9)14)15-10-3-5-17(16)6-4-10/h1-2,7,10,15H,3-6,14H2. The number of anilines is 2. The van der Waals surface area contributed by atoms with Crippen LogP contribution in [0.1, 0.15) is 18.4 Å². The number of nitriles is 1. The third-order valence-electron chi connectivity index (χ3n) is 2.93. The van der Waals surface area contributed by atoms with Crippen LogP contribution in [0.15, 0.2) is 18.2 Å². The molecule has 4 nitrogen and oxygen atoms in total. The molecule has 0 bridgehead atoms. The van der Waals surface area contributed by atoms with Crippen LogP contribution in [0.5, 0.6) is 0 Å². The zero-order valence-electron chi connectivity index (χ0n) is 9.48. The average molecular weight is 249 g/mol. The van der Waals surface area contributed by atoms with Gasteiger partial charge in [0.25, 0.3) is 0 Å². The maximum Gasteiger partial charge on any atom is 0.101 e. The number of benzene rings is 1. The lowest BCUT2D eigenvalue weighted by molar-refractivity contribution is 0.624. The van der Waals surface area contributed by atoms with Gasteiger partial charge in [-0.15, -0.1) is 0 Å². The highest BCUT2D eigenvalue weighted by Gasteiger charge is 2.17.